The van der Waals surface area contributed by atoms with Crippen molar-refractivity contribution in [2.45, 2.75) is 38.6 Å². The van der Waals surface area contributed by atoms with Gasteiger partial charge in [0, 0.05) is 13.0 Å². The highest BCUT2D eigenvalue weighted by molar-refractivity contribution is 5.92. The van der Waals surface area contributed by atoms with Gasteiger partial charge < -0.3 is 10.1 Å². The van der Waals surface area contributed by atoms with E-state index in [0.29, 0.717) is 11.7 Å². The van der Waals surface area contributed by atoms with Gasteiger partial charge in [0.15, 0.2) is 5.78 Å². The summed E-state index contributed by atoms with van der Waals surface area (Å²) in [4.78, 5) is 26.7. The number of nitrogens with one attached hydrogen (secondary N) is 1. The van der Waals surface area contributed by atoms with Crippen LogP contribution in [-0.2, 0) is 9.53 Å². The molecule has 1 aliphatic rings. The Morgan fingerprint density at radius 3 is 2.45 bits per heavy atom. The number of carbonyl (C=O) groups excluding carboxylic acids is 2. The van der Waals surface area contributed by atoms with E-state index >= 15 is 0 Å². The number of aromatic nitrogens is 1. The molecule has 1 aromatic heterocycles. The van der Waals surface area contributed by atoms with Gasteiger partial charge in [-0.05, 0) is 37.8 Å². The minimum absolute atomic E-state index is 0.0323. The SMILES string of the molecule is COC(=O)C1CCC(Nc2ccc(C(C)=O)nc2)CC1. The van der Waals surface area contributed by atoms with E-state index in [9.17, 15) is 9.59 Å². The van der Waals surface area contributed by atoms with Crippen LogP contribution in [0, 0.1) is 5.92 Å². The van der Waals surface area contributed by atoms with Gasteiger partial charge in [-0.1, -0.05) is 0 Å². The molecule has 0 aromatic carbocycles. The molecule has 1 saturated carbocycles. The number of carbonyl (C=O) groups is 2. The molecule has 2 rings (SSSR count). The number of ether oxygens (including phenoxy) is 1. The van der Waals surface area contributed by atoms with Crippen molar-refractivity contribution in [3.05, 3.63) is 24.0 Å². The number of hydrogen-bond donors (Lipinski definition) is 1. The van der Waals surface area contributed by atoms with Crippen LogP contribution in [0.2, 0.25) is 0 Å². The minimum atomic E-state index is -0.101. The Balaban J connectivity index is 1.86. The van der Waals surface area contributed by atoms with Crippen molar-refractivity contribution in [3.63, 3.8) is 0 Å². The van der Waals surface area contributed by atoms with Crippen LogP contribution in [0.15, 0.2) is 18.3 Å². The zero-order valence-corrected chi connectivity index (χ0v) is 11.9. The topological polar surface area (TPSA) is 68.3 Å². The lowest BCUT2D eigenvalue weighted by Gasteiger charge is -2.28. The summed E-state index contributed by atoms with van der Waals surface area (Å²) in [7, 11) is 1.44. The van der Waals surface area contributed by atoms with E-state index in [1.54, 1.807) is 12.3 Å². The quantitative estimate of drug-likeness (QED) is 0.675. The van der Waals surface area contributed by atoms with Gasteiger partial charge in [0.25, 0.3) is 0 Å². The van der Waals surface area contributed by atoms with Crippen molar-refractivity contribution in [2.75, 3.05) is 12.4 Å². The molecule has 0 unspecified atom stereocenters. The Hall–Kier alpha value is -1.91. The summed E-state index contributed by atoms with van der Waals surface area (Å²) in [5, 5.41) is 3.40. The van der Waals surface area contributed by atoms with Gasteiger partial charge in [0.2, 0.25) is 0 Å². The molecular formula is C15H20N2O3. The Kier molecular flexibility index (Phi) is 4.71. The van der Waals surface area contributed by atoms with Crippen LogP contribution in [0.1, 0.15) is 43.1 Å². The van der Waals surface area contributed by atoms with Gasteiger partial charge in [-0.2, -0.15) is 0 Å². The molecule has 0 atom stereocenters. The summed E-state index contributed by atoms with van der Waals surface area (Å²) in [5.74, 6) is -0.0951. The summed E-state index contributed by atoms with van der Waals surface area (Å²) < 4.78 is 4.78. The normalized spacial score (nSPS) is 22.1. The lowest BCUT2D eigenvalue weighted by molar-refractivity contribution is -0.146. The number of esters is 1. The van der Waals surface area contributed by atoms with Gasteiger partial charge in [0.05, 0.1) is 24.9 Å². The largest absolute Gasteiger partial charge is 0.469 e. The second-order valence-electron chi connectivity index (χ2n) is 5.20. The first kappa shape index (κ1) is 14.5. The maximum absolute atomic E-state index is 11.4. The van der Waals surface area contributed by atoms with Gasteiger partial charge >= 0.3 is 5.97 Å². The lowest BCUT2D eigenvalue weighted by Crippen LogP contribution is -2.29. The molecular weight excluding hydrogens is 256 g/mol. The first-order valence-electron chi connectivity index (χ1n) is 6.91. The Morgan fingerprint density at radius 1 is 1.25 bits per heavy atom. The first-order valence-corrected chi connectivity index (χ1v) is 6.91. The highest BCUT2D eigenvalue weighted by atomic mass is 16.5. The highest BCUT2D eigenvalue weighted by Crippen LogP contribution is 2.27. The van der Waals surface area contributed by atoms with E-state index in [4.69, 9.17) is 4.74 Å². The zero-order valence-electron chi connectivity index (χ0n) is 11.9. The Bertz CT molecular complexity index is 476. The van der Waals surface area contributed by atoms with Crippen molar-refractivity contribution >= 4 is 17.4 Å². The molecule has 0 amide bonds. The van der Waals surface area contributed by atoms with Crippen molar-refractivity contribution in [3.8, 4) is 0 Å². The molecule has 1 aromatic rings. The van der Waals surface area contributed by atoms with E-state index in [0.717, 1.165) is 31.4 Å². The summed E-state index contributed by atoms with van der Waals surface area (Å²) in [6, 6.07) is 3.95. The Morgan fingerprint density at radius 2 is 1.95 bits per heavy atom. The van der Waals surface area contributed by atoms with E-state index < -0.39 is 0 Å². The molecule has 108 valence electrons. The molecule has 5 nitrogen and oxygen atoms in total. The number of pyridine rings is 1. The number of ketones is 1. The predicted molar refractivity (Wildman–Crippen MR) is 75.6 cm³/mol. The first-order chi connectivity index (χ1) is 9.60. The number of anilines is 1. The number of hydrogen-bond acceptors (Lipinski definition) is 5. The second-order valence-corrected chi connectivity index (χ2v) is 5.20. The third-order valence-corrected chi connectivity index (χ3v) is 3.76. The minimum Gasteiger partial charge on any atom is -0.469 e. The van der Waals surface area contributed by atoms with E-state index in [1.807, 2.05) is 6.07 Å². The third kappa shape index (κ3) is 3.56. The van der Waals surface area contributed by atoms with Crippen LogP contribution in [0.5, 0.6) is 0 Å². The van der Waals surface area contributed by atoms with Crippen molar-refractivity contribution in [1.82, 2.24) is 4.98 Å². The fraction of sp³-hybridized carbons (Fsp3) is 0.533. The summed E-state index contributed by atoms with van der Waals surface area (Å²) in [5.41, 5.74) is 1.39. The van der Waals surface area contributed by atoms with Gasteiger partial charge in [-0.25, -0.2) is 0 Å². The summed E-state index contributed by atoms with van der Waals surface area (Å²) in [6.07, 6.45) is 5.26. The molecule has 1 heterocycles. The van der Waals surface area contributed by atoms with Crippen LogP contribution in [-0.4, -0.2) is 29.9 Å². The maximum atomic E-state index is 11.4. The van der Waals surface area contributed by atoms with E-state index in [2.05, 4.69) is 10.3 Å². The smallest absolute Gasteiger partial charge is 0.308 e. The average molecular weight is 276 g/mol. The number of nitrogens with zero attached hydrogens (tertiary/aromatic N) is 1. The monoisotopic (exact) mass is 276 g/mol. The van der Waals surface area contributed by atoms with Crippen LogP contribution in [0.3, 0.4) is 0 Å². The molecule has 0 radical (unpaired) electrons. The van der Waals surface area contributed by atoms with Crippen LogP contribution in [0.25, 0.3) is 0 Å². The van der Waals surface area contributed by atoms with E-state index in [1.165, 1.54) is 14.0 Å². The lowest BCUT2D eigenvalue weighted by atomic mass is 9.86. The molecule has 0 saturated heterocycles. The summed E-state index contributed by atoms with van der Waals surface area (Å²) >= 11 is 0. The van der Waals surface area contributed by atoms with Crippen LogP contribution in [0.4, 0.5) is 5.69 Å². The van der Waals surface area contributed by atoms with Crippen LogP contribution < -0.4 is 5.32 Å². The standard InChI is InChI=1S/C15H20N2O3/c1-10(18)14-8-7-13(9-16-14)17-12-5-3-11(4-6-12)15(19)20-2/h7-9,11-12,17H,3-6H2,1-2H3. The van der Waals surface area contributed by atoms with Crippen molar-refractivity contribution in [2.24, 2.45) is 5.92 Å². The predicted octanol–water partition coefficient (Wildman–Crippen LogP) is 2.43. The molecule has 0 spiro atoms. The molecule has 0 bridgehead atoms. The fourth-order valence-electron chi connectivity index (χ4n) is 2.56. The van der Waals surface area contributed by atoms with Crippen molar-refractivity contribution < 1.29 is 14.3 Å². The molecule has 1 aliphatic carbocycles. The number of Topliss-reactive ketones (excluding diaryl/α,β-unsaturated/α-hetero) is 1. The zero-order chi connectivity index (χ0) is 14.5. The average Bonchev–Trinajstić information content (AvgIpc) is 2.48. The van der Waals surface area contributed by atoms with E-state index in [-0.39, 0.29) is 17.7 Å². The molecule has 20 heavy (non-hydrogen) atoms. The maximum Gasteiger partial charge on any atom is 0.308 e. The number of rotatable bonds is 4. The van der Waals surface area contributed by atoms with Gasteiger partial charge in [-0.15, -0.1) is 0 Å². The van der Waals surface area contributed by atoms with Gasteiger partial charge in [0.1, 0.15) is 5.69 Å². The van der Waals surface area contributed by atoms with Crippen LogP contribution >= 0.6 is 0 Å². The molecule has 1 fully saturated rings. The number of methoxy groups -OCH3 is 1. The van der Waals surface area contributed by atoms with Gasteiger partial charge in [-0.3, -0.25) is 14.6 Å². The second kappa shape index (κ2) is 6.50. The van der Waals surface area contributed by atoms with Crippen molar-refractivity contribution in [1.29, 1.82) is 0 Å². The Labute approximate surface area is 118 Å². The highest BCUT2D eigenvalue weighted by Gasteiger charge is 2.26. The third-order valence-electron chi connectivity index (χ3n) is 3.76. The molecule has 0 aliphatic heterocycles. The fourth-order valence-corrected chi connectivity index (χ4v) is 2.56. The molecule has 1 N–H and O–H groups in total. The summed E-state index contributed by atoms with van der Waals surface area (Å²) in [6.45, 7) is 1.50. The molecule has 5 heteroatoms.